The van der Waals surface area contributed by atoms with Crippen molar-refractivity contribution in [1.82, 2.24) is 25.0 Å². The van der Waals surface area contributed by atoms with Gasteiger partial charge in [0.25, 0.3) is 11.8 Å². The predicted octanol–water partition coefficient (Wildman–Crippen LogP) is 3.76. The summed E-state index contributed by atoms with van der Waals surface area (Å²) in [5, 5.41) is 3.12. The third kappa shape index (κ3) is 8.79. The number of nitrogens with one attached hydrogen (secondary N) is 1. The number of amides is 3. The molecule has 6 rings (SSSR count). The van der Waals surface area contributed by atoms with Gasteiger partial charge in [-0.25, -0.2) is 9.37 Å². The SMILES string of the molecule is CCCCCCN1C[C@@H]2C[C@H]1C(=O)N1CCC(CC1)CN(C(=O)c1ccccc1F)CCOCCOc1cccc(n1)C(=O)N2. The molecular weight excluding hydrogens is 577 g/mol. The first-order valence-electron chi connectivity index (χ1n) is 16.5. The Bertz CT molecular complexity index is 1300. The van der Waals surface area contributed by atoms with Crippen molar-refractivity contribution in [1.29, 1.82) is 0 Å². The maximum absolute atomic E-state index is 14.6. The lowest BCUT2D eigenvalue weighted by Gasteiger charge is -2.37. The number of likely N-dealkylation sites (tertiary alicyclic amines) is 1. The lowest BCUT2D eigenvalue weighted by atomic mass is 9.95. The third-order valence-electron chi connectivity index (χ3n) is 9.06. The number of unbranched alkanes of at least 4 members (excludes halogenated alkanes) is 3. The normalized spacial score (nSPS) is 23.7. The molecule has 2 aromatic rings. The fourth-order valence-electron chi connectivity index (χ4n) is 6.56. The first-order chi connectivity index (χ1) is 21.9. The van der Waals surface area contributed by atoms with Gasteiger partial charge in [0.05, 0.1) is 24.8 Å². The number of nitrogens with zero attached hydrogens (tertiary/aromatic N) is 4. The number of hydrogen-bond acceptors (Lipinski definition) is 7. The summed E-state index contributed by atoms with van der Waals surface area (Å²) in [6.07, 6.45) is 6.49. The number of benzene rings is 1. The van der Waals surface area contributed by atoms with Crippen molar-refractivity contribution in [3.05, 3.63) is 59.5 Å². The van der Waals surface area contributed by atoms with Crippen LogP contribution in [0, 0.1) is 11.7 Å². The number of fused-ring (bicyclic) bond motifs is 10. The molecule has 244 valence electrons. The minimum absolute atomic E-state index is 0.0443. The Morgan fingerprint density at radius 3 is 2.60 bits per heavy atom. The van der Waals surface area contributed by atoms with Crippen LogP contribution in [0.3, 0.4) is 0 Å². The number of piperidine rings is 1. The van der Waals surface area contributed by atoms with E-state index in [1.807, 2.05) is 4.90 Å². The van der Waals surface area contributed by atoms with Crippen molar-refractivity contribution in [2.75, 3.05) is 59.1 Å². The van der Waals surface area contributed by atoms with E-state index in [2.05, 4.69) is 22.1 Å². The molecule has 10 nitrogen and oxygen atoms in total. The maximum Gasteiger partial charge on any atom is 0.270 e. The Kier molecular flexibility index (Phi) is 11.8. The van der Waals surface area contributed by atoms with Gasteiger partial charge in [0.2, 0.25) is 11.8 Å². The number of aromatic nitrogens is 1. The average Bonchev–Trinajstić information content (AvgIpc) is 3.46. The van der Waals surface area contributed by atoms with Gasteiger partial charge in [0, 0.05) is 44.8 Å². The summed E-state index contributed by atoms with van der Waals surface area (Å²) in [5.41, 5.74) is 0.302. The van der Waals surface area contributed by atoms with Crippen LogP contribution in [0.1, 0.15) is 72.7 Å². The largest absolute Gasteiger partial charge is 0.475 e. The van der Waals surface area contributed by atoms with Gasteiger partial charge in [-0.3, -0.25) is 19.3 Å². The minimum atomic E-state index is -0.545. The van der Waals surface area contributed by atoms with Crippen LogP contribution in [0.4, 0.5) is 4.39 Å². The van der Waals surface area contributed by atoms with Gasteiger partial charge in [0.15, 0.2) is 0 Å². The summed E-state index contributed by atoms with van der Waals surface area (Å²) in [6, 6.07) is 10.7. The van der Waals surface area contributed by atoms with Crippen LogP contribution in [0.2, 0.25) is 0 Å². The van der Waals surface area contributed by atoms with Crippen molar-refractivity contribution < 1.29 is 28.2 Å². The summed E-state index contributed by atoms with van der Waals surface area (Å²) in [4.78, 5) is 50.8. The van der Waals surface area contributed by atoms with Crippen LogP contribution < -0.4 is 10.1 Å². The molecule has 45 heavy (non-hydrogen) atoms. The van der Waals surface area contributed by atoms with Crippen LogP contribution in [0.15, 0.2) is 42.5 Å². The molecule has 0 spiro atoms. The molecular formula is C34H46FN5O5. The van der Waals surface area contributed by atoms with Crippen molar-refractivity contribution in [2.45, 2.75) is 64.0 Å². The highest BCUT2D eigenvalue weighted by atomic mass is 19.1. The summed E-state index contributed by atoms with van der Waals surface area (Å²) in [5.74, 6) is -0.592. The molecule has 3 amide bonds. The number of ether oxygens (including phenoxy) is 2. The number of pyridine rings is 1. The molecule has 2 saturated heterocycles. The molecule has 0 unspecified atom stereocenters. The molecule has 1 N–H and O–H groups in total. The second-order valence-corrected chi connectivity index (χ2v) is 12.3. The topological polar surface area (TPSA) is 104 Å². The van der Waals surface area contributed by atoms with E-state index in [1.165, 1.54) is 12.1 Å². The van der Waals surface area contributed by atoms with E-state index in [0.29, 0.717) is 45.0 Å². The Labute approximate surface area is 265 Å². The quantitative estimate of drug-likeness (QED) is 0.386. The van der Waals surface area contributed by atoms with Crippen LogP contribution >= 0.6 is 0 Å². The monoisotopic (exact) mass is 623 g/mol. The highest BCUT2D eigenvalue weighted by Crippen LogP contribution is 2.26. The summed E-state index contributed by atoms with van der Waals surface area (Å²) in [7, 11) is 0. The van der Waals surface area contributed by atoms with Gasteiger partial charge < -0.3 is 24.6 Å². The third-order valence-corrected chi connectivity index (χ3v) is 9.06. The van der Waals surface area contributed by atoms with Crippen molar-refractivity contribution in [2.24, 2.45) is 5.92 Å². The van der Waals surface area contributed by atoms with Crippen LogP contribution in [-0.2, 0) is 9.53 Å². The second kappa shape index (κ2) is 16.1. The standard InChI is InChI=1S/C34H46FN5O5/c1-2-3-4-7-15-39-24-26-22-30(39)34(43)38-16-13-25(14-17-38)23-40(33(42)27-9-5-6-10-28(27)35)18-19-44-20-21-45-31-12-8-11-29(37-31)32(41)36-26/h5-6,8-12,25-26,30H,2-4,7,13-24H2,1H3,(H,36,41)/t26-,30-/m0/s1. The molecule has 5 heterocycles. The van der Waals surface area contributed by atoms with Crippen LogP contribution in [0.25, 0.3) is 0 Å². The van der Waals surface area contributed by atoms with Crippen molar-refractivity contribution >= 4 is 17.7 Å². The molecule has 0 aliphatic carbocycles. The lowest BCUT2D eigenvalue weighted by molar-refractivity contribution is -0.137. The predicted molar refractivity (Wildman–Crippen MR) is 168 cm³/mol. The summed E-state index contributed by atoms with van der Waals surface area (Å²) < 4.78 is 26.1. The van der Waals surface area contributed by atoms with Gasteiger partial charge >= 0.3 is 0 Å². The highest BCUT2D eigenvalue weighted by molar-refractivity contribution is 5.94. The van der Waals surface area contributed by atoms with Crippen LogP contribution in [-0.4, -0.2) is 109 Å². The van der Waals surface area contributed by atoms with Crippen molar-refractivity contribution in [3.8, 4) is 5.88 Å². The first-order valence-corrected chi connectivity index (χ1v) is 16.5. The smallest absolute Gasteiger partial charge is 0.270 e. The first kappa shape index (κ1) is 32.8. The summed E-state index contributed by atoms with van der Waals surface area (Å²) >= 11 is 0. The zero-order chi connectivity index (χ0) is 31.6. The fourth-order valence-corrected chi connectivity index (χ4v) is 6.56. The molecule has 0 radical (unpaired) electrons. The van der Waals surface area contributed by atoms with Gasteiger partial charge in [-0.15, -0.1) is 0 Å². The van der Waals surface area contributed by atoms with Gasteiger partial charge in [-0.2, -0.15) is 0 Å². The Hall–Kier alpha value is -3.57. The highest BCUT2D eigenvalue weighted by Gasteiger charge is 2.40. The zero-order valence-corrected chi connectivity index (χ0v) is 26.3. The van der Waals surface area contributed by atoms with Gasteiger partial charge in [-0.1, -0.05) is 44.4 Å². The molecule has 4 aliphatic heterocycles. The molecule has 11 heteroatoms. The fraction of sp³-hybridized carbons (Fsp3) is 0.588. The zero-order valence-electron chi connectivity index (χ0n) is 26.3. The number of halogens is 1. The molecule has 0 saturated carbocycles. The molecule has 1 aromatic heterocycles. The van der Waals surface area contributed by atoms with E-state index < -0.39 is 5.82 Å². The maximum atomic E-state index is 14.6. The number of hydrogen-bond donors (Lipinski definition) is 1. The molecule has 2 fully saturated rings. The molecule has 6 bridgehead atoms. The van der Waals surface area contributed by atoms with E-state index in [4.69, 9.17) is 9.47 Å². The van der Waals surface area contributed by atoms with E-state index in [-0.39, 0.29) is 66.8 Å². The minimum Gasteiger partial charge on any atom is -0.475 e. The number of carbonyl (C=O) groups excluding carboxylic acids is 3. The van der Waals surface area contributed by atoms with E-state index in [1.54, 1.807) is 35.2 Å². The van der Waals surface area contributed by atoms with Gasteiger partial charge in [0.1, 0.15) is 18.1 Å². The molecule has 1 aromatic carbocycles. The van der Waals surface area contributed by atoms with E-state index in [0.717, 1.165) is 45.1 Å². The van der Waals surface area contributed by atoms with Crippen molar-refractivity contribution in [3.63, 3.8) is 0 Å². The number of carbonyl (C=O) groups is 3. The molecule has 4 aliphatic rings. The Balaban J connectivity index is 1.33. The summed E-state index contributed by atoms with van der Waals surface area (Å²) in [6.45, 7) is 6.33. The molecule has 2 atom stereocenters. The second-order valence-electron chi connectivity index (χ2n) is 12.3. The van der Waals surface area contributed by atoms with E-state index >= 15 is 0 Å². The average molecular weight is 624 g/mol. The Morgan fingerprint density at radius 1 is 0.978 bits per heavy atom. The van der Waals surface area contributed by atoms with Crippen LogP contribution in [0.5, 0.6) is 5.88 Å². The Morgan fingerprint density at radius 2 is 1.80 bits per heavy atom. The van der Waals surface area contributed by atoms with Gasteiger partial charge in [-0.05, 0) is 56.3 Å². The van der Waals surface area contributed by atoms with E-state index in [9.17, 15) is 18.8 Å². The lowest BCUT2D eigenvalue weighted by Crippen LogP contribution is -2.49. The number of rotatable bonds is 6.